The molecule has 0 atom stereocenters. The van der Waals surface area contributed by atoms with Crippen LogP contribution in [0, 0.1) is 0 Å². The van der Waals surface area contributed by atoms with Gasteiger partial charge in [-0.05, 0) is 24.6 Å². The van der Waals surface area contributed by atoms with Gasteiger partial charge in [0.15, 0.2) is 0 Å². The number of fused-ring (bicyclic) bond motifs is 1. The highest BCUT2D eigenvalue weighted by atomic mass is 16.5. The molecule has 0 aromatic carbocycles. The fourth-order valence-electron chi connectivity index (χ4n) is 3.12. The fraction of sp³-hybridized carbons (Fsp3) is 0.389. The fourth-order valence-corrected chi connectivity index (χ4v) is 3.12. The summed E-state index contributed by atoms with van der Waals surface area (Å²) in [5.74, 6) is 0.835. The van der Waals surface area contributed by atoms with Crippen LogP contribution < -0.4 is 0 Å². The first kappa shape index (κ1) is 15.2. The molecule has 0 N–H and O–H groups in total. The predicted octanol–water partition coefficient (Wildman–Crippen LogP) is 3.19. The molecule has 0 saturated heterocycles. The van der Waals surface area contributed by atoms with Crippen molar-refractivity contribution in [2.24, 2.45) is 0 Å². The third-order valence-electron chi connectivity index (χ3n) is 4.33. The van der Waals surface area contributed by atoms with E-state index in [0.29, 0.717) is 13.2 Å². The molecule has 0 bridgehead atoms. The van der Waals surface area contributed by atoms with Gasteiger partial charge in [0, 0.05) is 31.7 Å². The van der Waals surface area contributed by atoms with Crippen LogP contribution in [-0.4, -0.2) is 21.0 Å². The van der Waals surface area contributed by atoms with Gasteiger partial charge < -0.3 is 18.1 Å². The van der Waals surface area contributed by atoms with Crippen molar-refractivity contribution in [3.05, 3.63) is 66.0 Å². The molecule has 0 saturated carbocycles. The second-order valence-electron chi connectivity index (χ2n) is 6.10. The minimum atomic E-state index is 0.470. The summed E-state index contributed by atoms with van der Waals surface area (Å²) in [6, 6.07) is 5.81. The van der Waals surface area contributed by atoms with Crippen molar-refractivity contribution in [3.63, 3.8) is 0 Å². The lowest BCUT2D eigenvalue weighted by Gasteiger charge is -2.19. The molecule has 4 rings (SSSR count). The first-order valence-electron chi connectivity index (χ1n) is 8.25. The van der Waals surface area contributed by atoms with Crippen molar-refractivity contribution < 1.29 is 13.6 Å². The average Bonchev–Trinajstić information content (AvgIpc) is 3.31. The molecule has 0 fully saturated rings. The maximum absolute atomic E-state index is 5.77. The first-order valence-corrected chi connectivity index (χ1v) is 8.25. The summed E-state index contributed by atoms with van der Waals surface area (Å²) in [5.41, 5.74) is 3.47. The summed E-state index contributed by atoms with van der Waals surface area (Å²) in [6.45, 7) is 4.82. The molecular formula is C18H21N3O3. The van der Waals surface area contributed by atoms with Crippen molar-refractivity contribution in [1.82, 2.24) is 14.5 Å². The number of furan rings is 2. The van der Waals surface area contributed by atoms with Gasteiger partial charge in [0.1, 0.15) is 12.4 Å². The zero-order chi connectivity index (χ0) is 16.2. The molecule has 0 amide bonds. The van der Waals surface area contributed by atoms with E-state index >= 15 is 0 Å². The van der Waals surface area contributed by atoms with Crippen LogP contribution in [0.3, 0.4) is 0 Å². The molecule has 3 aromatic rings. The van der Waals surface area contributed by atoms with Crippen LogP contribution >= 0.6 is 0 Å². The number of aryl methyl sites for hydroxylation is 1. The molecule has 1 aliphatic rings. The minimum Gasteiger partial charge on any atom is -0.472 e. The Labute approximate surface area is 140 Å². The Hall–Kier alpha value is -2.31. The standard InChI is InChI=1S/C18H21N3O3/c1-3-16(24-7-1)12-23-13-17-18-10-20(9-15-4-8-22-11-15)5-2-6-21(18)14-19-17/h1,3-4,7-8,11,14H,2,5-6,9-10,12-13H2. The molecule has 6 heteroatoms. The molecule has 6 nitrogen and oxygen atoms in total. The van der Waals surface area contributed by atoms with Gasteiger partial charge in [-0.25, -0.2) is 4.98 Å². The Balaban J connectivity index is 1.41. The van der Waals surface area contributed by atoms with E-state index in [4.69, 9.17) is 13.6 Å². The Kier molecular flexibility index (Phi) is 4.49. The molecule has 0 radical (unpaired) electrons. The lowest BCUT2D eigenvalue weighted by atomic mass is 10.2. The largest absolute Gasteiger partial charge is 0.472 e. The molecule has 3 aromatic heterocycles. The Morgan fingerprint density at radius 1 is 1.17 bits per heavy atom. The van der Waals surface area contributed by atoms with Crippen LogP contribution in [0.1, 0.15) is 29.1 Å². The van der Waals surface area contributed by atoms with Crippen molar-refractivity contribution in [1.29, 1.82) is 0 Å². The van der Waals surface area contributed by atoms with Crippen molar-refractivity contribution >= 4 is 0 Å². The van der Waals surface area contributed by atoms with Crippen LogP contribution in [0.2, 0.25) is 0 Å². The van der Waals surface area contributed by atoms with Gasteiger partial charge in [-0.1, -0.05) is 0 Å². The third kappa shape index (κ3) is 3.44. The van der Waals surface area contributed by atoms with E-state index in [2.05, 4.69) is 14.5 Å². The number of aromatic nitrogens is 2. The van der Waals surface area contributed by atoms with Gasteiger partial charge in [-0.2, -0.15) is 0 Å². The van der Waals surface area contributed by atoms with Crippen LogP contribution in [0.4, 0.5) is 0 Å². The number of nitrogens with zero attached hydrogens (tertiary/aromatic N) is 3. The van der Waals surface area contributed by atoms with E-state index in [1.807, 2.05) is 30.8 Å². The topological polar surface area (TPSA) is 56.6 Å². The molecule has 24 heavy (non-hydrogen) atoms. The van der Waals surface area contributed by atoms with E-state index in [1.54, 1.807) is 12.5 Å². The monoisotopic (exact) mass is 327 g/mol. The highest BCUT2D eigenvalue weighted by molar-refractivity contribution is 5.14. The van der Waals surface area contributed by atoms with Crippen molar-refractivity contribution in [3.8, 4) is 0 Å². The molecular weight excluding hydrogens is 306 g/mol. The lowest BCUT2D eigenvalue weighted by Crippen LogP contribution is -2.23. The van der Waals surface area contributed by atoms with Crippen LogP contribution in [0.15, 0.2) is 52.2 Å². The molecule has 0 aliphatic carbocycles. The van der Waals surface area contributed by atoms with E-state index in [0.717, 1.165) is 44.1 Å². The number of ether oxygens (including phenoxy) is 1. The molecule has 0 unspecified atom stereocenters. The van der Waals surface area contributed by atoms with Gasteiger partial charge in [-0.3, -0.25) is 4.90 Å². The summed E-state index contributed by atoms with van der Waals surface area (Å²) in [5, 5.41) is 0. The van der Waals surface area contributed by atoms with Crippen molar-refractivity contribution in [2.45, 2.75) is 39.3 Å². The SMILES string of the molecule is c1coc(COCc2ncn3c2CN(Cc2ccoc2)CCC3)c1. The molecule has 1 aliphatic heterocycles. The molecule has 4 heterocycles. The Morgan fingerprint density at radius 2 is 2.17 bits per heavy atom. The number of imidazole rings is 1. The number of hydrogen-bond acceptors (Lipinski definition) is 5. The zero-order valence-corrected chi connectivity index (χ0v) is 13.6. The quantitative estimate of drug-likeness (QED) is 0.696. The van der Waals surface area contributed by atoms with Gasteiger partial charge in [-0.15, -0.1) is 0 Å². The van der Waals surface area contributed by atoms with E-state index in [1.165, 1.54) is 11.3 Å². The van der Waals surface area contributed by atoms with Crippen LogP contribution in [0.25, 0.3) is 0 Å². The Morgan fingerprint density at radius 3 is 3.00 bits per heavy atom. The lowest BCUT2D eigenvalue weighted by molar-refractivity contribution is 0.0897. The first-order chi connectivity index (χ1) is 11.9. The highest BCUT2D eigenvalue weighted by Gasteiger charge is 2.19. The maximum Gasteiger partial charge on any atom is 0.129 e. The van der Waals surface area contributed by atoms with Crippen molar-refractivity contribution in [2.75, 3.05) is 6.54 Å². The Bertz CT molecular complexity index is 747. The highest BCUT2D eigenvalue weighted by Crippen LogP contribution is 2.19. The predicted molar refractivity (Wildman–Crippen MR) is 86.9 cm³/mol. The molecule has 126 valence electrons. The zero-order valence-electron chi connectivity index (χ0n) is 13.6. The van der Waals surface area contributed by atoms with Crippen LogP contribution in [0.5, 0.6) is 0 Å². The van der Waals surface area contributed by atoms with Crippen LogP contribution in [-0.2, 0) is 37.6 Å². The van der Waals surface area contributed by atoms with E-state index in [9.17, 15) is 0 Å². The van der Waals surface area contributed by atoms with Gasteiger partial charge >= 0.3 is 0 Å². The number of hydrogen-bond donors (Lipinski definition) is 0. The second kappa shape index (κ2) is 7.07. The minimum absolute atomic E-state index is 0.470. The summed E-state index contributed by atoms with van der Waals surface area (Å²) < 4.78 is 18.5. The van der Waals surface area contributed by atoms with E-state index < -0.39 is 0 Å². The summed E-state index contributed by atoms with van der Waals surface area (Å²) in [6.07, 6.45) is 8.26. The van der Waals surface area contributed by atoms with Gasteiger partial charge in [0.2, 0.25) is 0 Å². The summed E-state index contributed by atoms with van der Waals surface area (Å²) in [4.78, 5) is 6.98. The third-order valence-corrected chi connectivity index (χ3v) is 4.33. The van der Waals surface area contributed by atoms with Gasteiger partial charge in [0.05, 0.1) is 43.1 Å². The molecule has 0 spiro atoms. The maximum atomic E-state index is 5.77. The smallest absolute Gasteiger partial charge is 0.129 e. The number of rotatable bonds is 6. The normalized spacial score (nSPS) is 15.3. The second-order valence-corrected chi connectivity index (χ2v) is 6.10. The van der Waals surface area contributed by atoms with Gasteiger partial charge in [0.25, 0.3) is 0 Å². The van der Waals surface area contributed by atoms with E-state index in [-0.39, 0.29) is 0 Å². The summed E-state index contributed by atoms with van der Waals surface area (Å²) >= 11 is 0. The summed E-state index contributed by atoms with van der Waals surface area (Å²) in [7, 11) is 0. The average molecular weight is 327 g/mol.